The lowest BCUT2D eigenvalue weighted by Gasteiger charge is -2.22. The lowest BCUT2D eigenvalue weighted by molar-refractivity contribution is -0.142. The van der Waals surface area contributed by atoms with Crippen molar-refractivity contribution in [1.82, 2.24) is 15.1 Å². The van der Waals surface area contributed by atoms with Crippen molar-refractivity contribution in [2.24, 2.45) is 4.99 Å². The van der Waals surface area contributed by atoms with Crippen LogP contribution in [0.25, 0.3) is 0 Å². The molecule has 0 aromatic carbocycles. The van der Waals surface area contributed by atoms with E-state index in [1.54, 1.807) is 0 Å². The van der Waals surface area contributed by atoms with Crippen LogP contribution >= 0.6 is 24.0 Å². The lowest BCUT2D eigenvalue weighted by atomic mass is 10.3. The highest BCUT2D eigenvalue weighted by Gasteiger charge is 2.29. The van der Waals surface area contributed by atoms with Gasteiger partial charge in [-0.3, -0.25) is 9.89 Å². The number of aliphatic hydroxyl groups is 1. The zero-order valence-corrected chi connectivity index (χ0v) is 14.7. The molecule has 1 heterocycles. The monoisotopic (exact) mass is 424 g/mol. The van der Waals surface area contributed by atoms with Gasteiger partial charge in [0, 0.05) is 26.2 Å². The van der Waals surface area contributed by atoms with Crippen molar-refractivity contribution >= 4 is 29.9 Å². The number of rotatable bonds is 5. The van der Waals surface area contributed by atoms with E-state index in [4.69, 9.17) is 0 Å². The second kappa shape index (κ2) is 9.67. The zero-order valence-electron chi connectivity index (χ0n) is 12.4. The van der Waals surface area contributed by atoms with E-state index >= 15 is 0 Å². The van der Waals surface area contributed by atoms with E-state index in [1.807, 2.05) is 11.8 Å². The maximum Gasteiger partial charge on any atom is 0.401 e. The van der Waals surface area contributed by atoms with Crippen LogP contribution in [0.3, 0.4) is 0 Å². The van der Waals surface area contributed by atoms with Crippen molar-refractivity contribution in [2.75, 3.05) is 46.3 Å². The van der Waals surface area contributed by atoms with Crippen LogP contribution in [-0.2, 0) is 0 Å². The summed E-state index contributed by atoms with van der Waals surface area (Å²) in [6.45, 7) is 3.45. The van der Waals surface area contributed by atoms with Crippen LogP contribution in [0.1, 0.15) is 13.3 Å². The topological polar surface area (TPSA) is 51.1 Å². The first-order valence-electron chi connectivity index (χ1n) is 6.78. The van der Waals surface area contributed by atoms with Crippen LogP contribution in [0.15, 0.2) is 4.99 Å². The van der Waals surface area contributed by atoms with E-state index in [-0.39, 0.29) is 36.6 Å². The molecule has 1 rings (SSSR count). The number of aliphatic hydroxyl groups excluding tert-OH is 1. The normalized spacial score (nSPS) is 19.9. The Hall–Kier alpha value is -0.290. The molecule has 0 saturated carbocycles. The number of hydrogen-bond donors (Lipinski definition) is 2. The van der Waals surface area contributed by atoms with Crippen molar-refractivity contribution in [3.05, 3.63) is 0 Å². The smallest absolute Gasteiger partial charge is 0.391 e. The van der Waals surface area contributed by atoms with Crippen LogP contribution in [0.4, 0.5) is 13.2 Å². The Bertz CT molecular complexity index is 328. The van der Waals surface area contributed by atoms with Gasteiger partial charge < -0.3 is 15.3 Å². The Morgan fingerprint density at radius 1 is 1.48 bits per heavy atom. The summed E-state index contributed by atoms with van der Waals surface area (Å²) in [6, 6.07) is 0. The summed E-state index contributed by atoms with van der Waals surface area (Å²) < 4.78 is 36.5. The van der Waals surface area contributed by atoms with Gasteiger partial charge in [0.1, 0.15) is 0 Å². The minimum Gasteiger partial charge on any atom is -0.391 e. The molecule has 0 spiro atoms. The molecule has 0 aromatic heterocycles. The second-order valence-corrected chi connectivity index (χ2v) is 4.98. The number of aliphatic imine (C=N–C) groups is 1. The highest BCUT2D eigenvalue weighted by atomic mass is 127. The first-order chi connectivity index (χ1) is 9.31. The highest BCUT2D eigenvalue weighted by molar-refractivity contribution is 14.0. The summed E-state index contributed by atoms with van der Waals surface area (Å²) >= 11 is 0. The molecular formula is C12H24F3IN4O. The average molecular weight is 424 g/mol. The molecule has 9 heteroatoms. The predicted octanol–water partition coefficient (Wildman–Crippen LogP) is 1.13. The van der Waals surface area contributed by atoms with Gasteiger partial charge in [0.15, 0.2) is 5.96 Å². The molecule has 126 valence electrons. The average Bonchev–Trinajstić information content (AvgIpc) is 2.72. The van der Waals surface area contributed by atoms with E-state index in [9.17, 15) is 18.3 Å². The molecule has 2 N–H and O–H groups in total. The molecule has 0 bridgehead atoms. The Morgan fingerprint density at radius 3 is 2.62 bits per heavy atom. The van der Waals surface area contributed by atoms with Crippen LogP contribution in [0.5, 0.6) is 0 Å². The SMILES string of the molecule is CCNC(=NCCN(C)CC(F)(F)F)N1CC[C@@H](O)C1.I. The fourth-order valence-corrected chi connectivity index (χ4v) is 2.07. The van der Waals surface area contributed by atoms with Crippen molar-refractivity contribution in [2.45, 2.75) is 25.6 Å². The highest BCUT2D eigenvalue weighted by Crippen LogP contribution is 2.15. The van der Waals surface area contributed by atoms with Gasteiger partial charge in [0.05, 0.1) is 19.2 Å². The Morgan fingerprint density at radius 2 is 2.14 bits per heavy atom. The van der Waals surface area contributed by atoms with Crippen molar-refractivity contribution in [1.29, 1.82) is 0 Å². The number of likely N-dealkylation sites (N-methyl/N-ethyl adjacent to an activating group) is 1. The van der Waals surface area contributed by atoms with Crippen molar-refractivity contribution < 1.29 is 18.3 Å². The number of halogens is 4. The van der Waals surface area contributed by atoms with Crippen LogP contribution in [0, 0.1) is 0 Å². The molecule has 0 radical (unpaired) electrons. The second-order valence-electron chi connectivity index (χ2n) is 4.98. The summed E-state index contributed by atoms with van der Waals surface area (Å²) in [5, 5.41) is 12.6. The molecule has 1 aliphatic heterocycles. The number of guanidine groups is 1. The van der Waals surface area contributed by atoms with E-state index in [1.165, 1.54) is 11.9 Å². The van der Waals surface area contributed by atoms with Crippen LogP contribution in [0.2, 0.25) is 0 Å². The van der Waals surface area contributed by atoms with Gasteiger partial charge in [-0.15, -0.1) is 24.0 Å². The van der Waals surface area contributed by atoms with Gasteiger partial charge in [-0.25, -0.2) is 0 Å². The maximum atomic E-state index is 12.2. The molecule has 21 heavy (non-hydrogen) atoms. The third kappa shape index (κ3) is 8.67. The molecule has 0 amide bonds. The molecule has 1 fully saturated rings. The van der Waals surface area contributed by atoms with E-state index < -0.39 is 12.7 Å². The van der Waals surface area contributed by atoms with Gasteiger partial charge in [0.2, 0.25) is 0 Å². The van der Waals surface area contributed by atoms with Crippen molar-refractivity contribution in [3.63, 3.8) is 0 Å². The zero-order chi connectivity index (χ0) is 15.2. The first kappa shape index (κ1) is 20.7. The van der Waals surface area contributed by atoms with Gasteiger partial charge in [-0.05, 0) is 20.4 Å². The number of alkyl halides is 3. The fourth-order valence-electron chi connectivity index (χ4n) is 2.07. The van der Waals surface area contributed by atoms with Gasteiger partial charge in [0.25, 0.3) is 0 Å². The third-order valence-electron chi connectivity index (χ3n) is 2.99. The molecule has 0 unspecified atom stereocenters. The Kier molecular flexibility index (Phi) is 9.54. The number of β-amino-alcohol motifs (C(OH)–C–C–N with tert-alkyl or cyclic N) is 1. The maximum absolute atomic E-state index is 12.2. The standard InChI is InChI=1S/C12H23F3N4O.HI/c1-3-16-11(19-6-4-10(20)8-19)17-5-7-18(2)9-12(13,14)15;/h10,20H,3-9H2,1-2H3,(H,16,17);1H/t10-;/m1./s1. The first-order valence-corrected chi connectivity index (χ1v) is 6.78. The van der Waals surface area contributed by atoms with Crippen LogP contribution in [-0.4, -0.2) is 79.5 Å². The number of likely N-dealkylation sites (tertiary alicyclic amines) is 1. The largest absolute Gasteiger partial charge is 0.401 e. The summed E-state index contributed by atoms with van der Waals surface area (Å²) in [7, 11) is 1.43. The summed E-state index contributed by atoms with van der Waals surface area (Å²) in [4.78, 5) is 7.44. The van der Waals surface area contributed by atoms with Gasteiger partial charge in [-0.2, -0.15) is 13.2 Å². The Labute approximate surface area is 140 Å². The molecule has 1 atom stereocenters. The lowest BCUT2D eigenvalue weighted by Crippen LogP contribution is -2.41. The summed E-state index contributed by atoms with van der Waals surface area (Å²) in [5.74, 6) is 0.657. The van der Waals surface area contributed by atoms with Gasteiger partial charge >= 0.3 is 6.18 Å². The summed E-state index contributed by atoms with van der Waals surface area (Å²) in [6.07, 6.45) is -3.84. The molecule has 5 nitrogen and oxygen atoms in total. The quantitative estimate of drug-likeness (QED) is 0.395. The molecular weight excluding hydrogens is 400 g/mol. The van der Waals surface area contributed by atoms with E-state index in [0.717, 1.165) is 0 Å². The molecule has 1 aliphatic rings. The third-order valence-corrected chi connectivity index (χ3v) is 2.99. The predicted molar refractivity (Wildman–Crippen MR) is 87.1 cm³/mol. The number of hydrogen-bond acceptors (Lipinski definition) is 3. The number of nitrogens with zero attached hydrogens (tertiary/aromatic N) is 3. The summed E-state index contributed by atoms with van der Waals surface area (Å²) in [5.41, 5.74) is 0. The molecule has 0 aromatic rings. The molecule has 0 aliphatic carbocycles. The molecule has 1 saturated heterocycles. The van der Waals surface area contributed by atoms with Crippen LogP contribution < -0.4 is 5.32 Å². The Balaban J connectivity index is 0.00000400. The van der Waals surface area contributed by atoms with Crippen molar-refractivity contribution in [3.8, 4) is 0 Å². The minimum absolute atomic E-state index is 0. The van der Waals surface area contributed by atoms with E-state index in [0.29, 0.717) is 38.6 Å². The van der Waals surface area contributed by atoms with Gasteiger partial charge in [-0.1, -0.05) is 0 Å². The number of nitrogens with one attached hydrogen (secondary N) is 1. The van der Waals surface area contributed by atoms with E-state index in [2.05, 4.69) is 10.3 Å². The minimum atomic E-state index is -4.18. The fraction of sp³-hybridized carbons (Fsp3) is 0.917.